The number of amides is 1. The number of quaternary nitrogens is 1. The lowest BCUT2D eigenvalue weighted by Gasteiger charge is -2.28. The minimum atomic E-state index is -0.289. The summed E-state index contributed by atoms with van der Waals surface area (Å²) in [4.78, 5) is 13.4. The lowest BCUT2D eigenvalue weighted by molar-refractivity contribution is -0.918. The molecule has 0 radical (unpaired) electrons. The van der Waals surface area contributed by atoms with Crippen molar-refractivity contribution in [3.63, 3.8) is 0 Å². The summed E-state index contributed by atoms with van der Waals surface area (Å²) in [6, 6.07) is 5.84. The number of carbonyl (C=O) groups is 1. The molecule has 0 unspecified atom stereocenters. The third-order valence-electron chi connectivity index (χ3n) is 3.61. The van der Waals surface area contributed by atoms with E-state index in [1.807, 2.05) is 6.92 Å². The molecule has 1 saturated heterocycles. The highest BCUT2D eigenvalue weighted by atomic mass is 19.1. The molecule has 3 nitrogen and oxygen atoms in total. The third-order valence-corrected chi connectivity index (χ3v) is 3.61. The monoisotopic (exact) mass is 251 g/mol. The lowest BCUT2D eigenvalue weighted by atomic mass is 10.1. The average Bonchev–Trinajstić information content (AvgIpc) is 2.41. The Morgan fingerprint density at radius 2 is 1.83 bits per heavy atom. The Morgan fingerprint density at radius 3 is 2.44 bits per heavy atom. The maximum atomic E-state index is 12.8. The number of likely N-dealkylation sites (tertiary alicyclic amines) is 1. The molecule has 0 bridgehead atoms. The van der Waals surface area contributed by atoms with E-state index in [0.717, 1.165) is 13.1 Å². The van der Waals surface area contributed by atoms with E-state index in [1.54, 1.807) is 12.1 Å². The maximum Gasteiger partial charge on any atom is 0.282 e. The van der Waals surface area contributed by atoms with E-state index in [2.05, 4.69) is 5.32 Å². The number of piperidine rings is 1. The molecule has 98 valence electrons. The standard InChI is InChI=1S/C14H19FN2O/c1-11(17-9-3-2-4-10-17)14(18)16-13-7-5-12(15)6-8-13/h5-8,11H,2-4,9-10H2,1H3,(H,16,18)/p+1/t11-/m1/s1. The number of benzene rings is 1. The van der Waals surface area contributed by atoms with Crippen LogP contribution < -0.4 is 10.2 Å². The molecule has 0 spiro atoms. The highest BCUT2D eigenvalue weighted by molar-refractivity contribution is 5.93. The van der Waals surface area contributed by atoms with Crippen LogP contribution in [0.3, 0.4) is 0 Å². The minimum absolute atomic E-state index is 0.0125. The van der Waals surface area contributed by atoms with Crippen molar-refractivity contribution in [3.05, 3.63) is 30.1 Å². The fourth-order valence-corrected chi connectivity index (χ4v) is 2.41. The van der Waals surface area contributed by atoms with E-state index >= 15 is 0 Å². The summed E-state index contributed by atoms with van der Waals surface area (Å²) < 4.78 is 12.8. The SMILES string of the molecule is C[C@H](C(=O)Nc1ccc(F)cc1)[NH+]1CCCCC1. The number of hydrogen-bond donors (Lipinski definition) is 2. The summed E-state index contributed by atoms with van der Waals surface area (Å²) in [5.41, 5.74) is 0.657. The molecule has 0 aliphatic carbocycles. The molecular weight excluding hydrogens is 231 g/mol. The number of anilines is 1. The molecular formula is C14H20FN2O+. The first-order chi connectivity index (χ1) is 8.66. The molecule has 1 aromatic rings. The van der Waals surface area contributed by atoms with Crippen LogP contribution in [0.5, 0.6) is 0 Å². The number of hydrogen-bond acceptors (Lipinski definition) is 1. The Balaban J connectivity index is 1.92. The Labute approximate surface area is 107 Å². The number of nitrogens with one attached hydrogen (secondary N) is 2. The van der Waals surface area contributed by atoms with Crippen molar-refractivity contribution in [1.82, 2.24) is 0 Å². The van der Waals surface area contributed by atoms with Gasteiger partial charge in [0.25, 0.3) is 5.91 Å². The number of halogens is 1. The zero-order valence-corrected chi connectivity index (χ0v) is 10.7. The van der Waals surface area contributed by atoms with E-state index in [9.17, 15) is 9.18 Å². The van der Waals surface area contributed by atoms with Gasteiger partial charge in [-0.05, 0) is 50.5 Å². The maximum absolute atomic E-state index is 12.8. The predicted molar refractivity (Wildman–Crippen MR) is 69.0 cm³/mol. The summed E-state index contributed by atoms with van der Waals surface area (Å²) in [5, 5.41) is 2.84. The first kappa shape index (κ1) is 13.0. The van der Waals surface area contributed by atoms with E-state index < -0.39 is 0 Å². The average molecular weight is 251 g/mol. The van der Waals surface area contributed by atoms with Gasteiger partial charge in [0, 0.05) is 5.69 Å². The van der Waals surface area contributed by atoms with Gasteiger partial charge in [0.15, 0.2) is 6.04 Å². The van der Waals surface area contributed by atoms with Gasteiger partial charge in [0.1, 0.15) is 5.82 Å². The summed E-state index contributed by atoms with van der Waals surface area (Å²) >= 11 is 0. The van der Waals surface area contributed by atoms with Crippen molar-refractivity contribution in [1.29, 1.82) is 0 Å². The van der Waals surface area contributed by atoms with Crippen molar-refractivity contribution >= 4 is 11.6 Å². The predicted octanol–water partition coefficient (Wildman–Crippen LogP) is 1.22. The lowest BCUT2D eigenvalue weighted by Crippen LogP contribution is -3.17. The van der Waals surface area contributed by atoms with E-state index in [4.69, 9.17) is 0 Å². The first-order valence-corrected chi connectivity index (χ1v) is 6.58. The Morgan fingerprint density at radius 1 is 1.22 bits per heavy atom. The molecule has 1 fully saturated rings. The van der Waals surface area contributed by atoms with Gasteiger partial charge >= 0.3 is 0 Å². The van der Waals surface area contributed by atoms with Crippen LogP contribution in [0.4, 0.5) is 10.1 Å². The molecule has 1 heterocycles. The quantitative estimate of drug-likeness (QED) is 0.832. The molecule has 0 aromatic heterocycles. The molecule has 18 heavy (non-hydrogen) atoms. The van der Waals surface area contributed by atoms with Crippen LogP contribution >= 0.6 is 0 Å². The summed E-state index contributed by atoms with van der Waals surface area (Å²) in [5.74, 6) is -0.277. The molecule has 2 rings (SSSR count). The third kappa shape index (κ3) is 3.29. The van der Waals surface area contributed by atoms with Gasteiger partial charge in [-0.1, -0.05) is 0 Å². The highest BCUT2D eigenvalue weighted by Crippen LogP contribution is 2.08. The fourth-order valence-electron chi connectivity index (χ4n) is 2.41. The van der Waals surface area contributed by atoms with E-state index in [1.165, 1.54) is 36.3 Å². The van der Waals surface area contributed by atoms with E-state index in [0.29, 0.717) is 5.69 Å². The molecule has 2 N–H and O–H groups in total. The Bertz CT molecular complexity index is 399. The van der Waals surface area contributed by atoms with Gasteiger partial charge in [-0.2, -0.15) is 0 Å². The zero-order chi connectivity index (χ0) is 13.0. The van der Waals surface area contributed by atoms with Gasteiger partial charge in [0.05, 0.1) is 13.1 Å². The van der Waals surface area contributed by atoms with Crippen LogP contribution in [0.1, 0.15) is 26.2 Å². The largest absolute Gasteiger partial charge is 0.325 e. The van der Waals surface area contributed by atoms with Gasteiger partial charge in [-0.15, -0.1) is 0 Å². The first-order valence-electron chi connectivity index (χ1n) is 6.58. The second-order valence-electron chi connectivity index (χ2n) is 4.94. The second kappa shape index (κ2) is 5.96. The van der Waals surface area contributed by atoms with Gasteiger partial charge in [-0.25, -0.2) is 4.39 Å². The smallest absolute Gasteiger partial charge is 0.282 e. The summed E-state index contributed by atoms with van der Waals surface area (Å²) in [7, 11) is 0. The Hall–Kier alpha value is -1.42. The molecule has 0 saturated carbocycles. The molecule has 4 heteroatoms. The summed E-state index contributed by atoms with van der Waals surface area (Å²) in [6.45, 7) is 4.09. The molecule has 1 aliphatic rings. The normalized spacial score (nSPS) is 18.3. The molecule has 1 aliphatic heterocycles. The summed E-state index contributed by atoms with van der Waals surface area (Å²) in [6.07, 6.45) is 3.67. The van der Waals surface area contributed by atoms with Crippen LogP contribution in [0.2, 0.25) is 0 Å². The van der Waals surface area contributed by atoms with Crippen molar-refractivity contribution in [3.8, 4) is 0 Å². The van der Waals surface area contributed by atoms with Gasteiger partial charge < -0.3 is 10.2 Å². The second-order valence-corrected chi connectivity index (χ2v) is 4.94. The van der Waals surface area contributed by atoms with Crippen LogP contribution in [0.25, 0.3) is 0 Å². The Kier molecular flexibility index (Phi) is 4.31. The highest BCUT2D eigenvalue weighted by Gasteiger charge is 2.26. The fraction of sp³-hybridized carbons (Fsp3) is 0.500. The molecule has 1 atom stereocenters. The van der Waals surface area contributed by atoms with Crippen molar-refractivity contribution in [2.75, 3.05) is 18.4 Å². The number of rotatable bonds is 3. The topological polar surface area (TPSA) is 33.5 Å². The van der Waals surface area contributed by atoms with Crippen molar-refractivity contribution in [2.45, 2.75) is 32.2 Å². The van der Waals surface area contributed by atoms with Gasteiger partial charge in [0.2, 0.25) is 0 Å². The van der Waals surface area contributed by atoms with Crippen LogP contribution in [-0.2, 0) is 4.79 Å². The van der Waals surface area contributed by atoms with Crippen LogP contribution in [0.15, 0.2) is 24.3 Å². The van der Waals surface area contributed by atoms with Crippen molar-refractivity contribution in [2.24, 2.45) is 0 Å². The molecule has 1 amide bonds. The van der Waals surface area contributed by atoms with Crippen LogP contribution in [0, 0.1) is 5.82 Å². The van der Waals surface area contributed by atoms with E-state index in [-0.39, 0.29) is 17.8 Å². The van der Waals surface area contributed by atoms with Crippen LogP contribution in [-0.4, -0.2) is 25.0 Å². The zero-order valence-electron chi connectivity index (χ0n) is 10.7. The molecule has 1 aromatic carbocycles. The number of carbonyl (C=O) groups excluding carboxylic acids is 1. The minimum Gasteiger partial charge on any atom is -0.325 e. The van der Waals surface area contributed by atoms with Gasteiger partial charge in [-0.3, -0.25) is 4.79 Å². The van der Waals surface area contributed by atoms with Crippen molar-refractivity contribution < 1.29 is 14.1 Å².